The van der Waals surface area contributed by atoms with Crippen molar-refractivity contribution in [2.24, 2.45) is 5.41 Å². The van der Waals surface area contributed by atoms with Gasteiger partial charge < -0.3 is 9.64 Å². The van der Waals surface area contributed by atoms with E-state index in [0.717, 1.165) is 61.8 Å². The maximum absolute atomic E-state index is 15.1. The highest BCUT2D eigenvalue weighted by atomic mass is 32.2. The number of pyridine rings is 1. The fourth-order valence-corrected chi connectivity index (χ4v) is 7.48. The number of hydrogen-bond acceptors (Lipinski definition) is 7. The van der Waals surface area contributed by atoms with Gasteiger partial charge in [-0.2, -0.15) is 8.42 Å². The van der Waals surface area contributed by atoms with Crippen molar-refractivity contribution in [2.45, 2.75) is 71.2 Å². The molecule has 7 nitrogen and oxygen atoms in total. The van der Waals surface area contributed by atoms with E-state index in [-0.39, 0.29) is 15.6 Å². The molecule has 0 saturated carbocycles. The van der Waals surface area contributed by atoms with E-state index in [1.54, 1.807) is 6.07 Å². The number of halogens is 1. The number of benzene rings is 2. The molecule has 5 rings (SSSR count). The summed E-state index contributed by atoms with van der Waals surface area (Å²) in [6.45, 7) is 9.68. The molecule has 10 heteroatoms. The standard InChI is InChI=1S/C34H41FN4O3S2/c1-23-12-10-14-24-13-8-6-7-9-18-39(5)28-15-11-16-29(36-28)44(40,41)38-33-37-31(30(23)24)32(43-33)25-20-26(35)22-27(21-25)42-19-17-34(2,3)4/h10-12,14-16,20-22H,6-9,13,17-19H2,1-5H3,(H,37,38). The van der Waals surface area contributed by atoms with Crippen molar-refractivity contribution in [1.29, 1.82) is 0 Å². The number of hydrogen-bond donors (Lipinski definition) is 1. The number of sulfonamides is 1. The highest BCUT2D eigenvalue weighted by Crippen LogP contribution is 2.43. The van der Waals surface area contributed by atoms with Gasteiger partial charge in [0.25, 0.3) is 10.0 Å². The Bertz CT molecular complexity index is 1730. The monoisotopic (exact) mass is 636 g/mol. The van der Waals surface area contributed by atoms with Gasteiger partial charge in [-0.25, -0.2) is 14.4 Å². The molecule has 44 heavy (non-hydrogen) atoms. The van der Waals surface area contributed by atoms with Crippen LogP contribution in [-0.2, 0) is 16.4 Å². The highest BCUT2D eigenvalue weighted by molar-refractivity contribution is 7.92. The summed E-state index contributed by atoms with van der Waals surface area (Å²) < 4.78 is 50.9. The summed E-state index contributed by atoms with van der Waals surface area (Å²) in [5, 5.41) is 0.106. The molecule has 0 aliphatic carbocycles. The molecule has 0 unspecified atom stereocenters. The molecule has 1 aliphatic heterocycles. The van der Waals surface area contributed by atoms with Gasteiger partial charge in [0.15, 0.2) is 10.2 Å². The van der Waals surface area contributed by atoms with Gasteiger partial charge in [0.1, 0.15) is 17.4 Å². The third kappa shape index (κ3) is 7.77. The summed E-state index contributed by atoms with van der Waals surface area (Å²) in [5.74, 6) is 0.592. The van der Waals surface area contributed by atoms with Crippen LogP contribution >= 0.6 is 11.3 Å². The first kappa shape index (κ1) is 31.9. The van der Waals surface area contributed by atoms with Crippen LogP contribution in [0, 0.1) is 18.2 Å². The van der Waals surface area contributed by atoms with Gasteiger partial charge in [0.2, 0.25) is 0 Å². The fourth-order valence-electron chi connectivity index (χ4n) is 5.32. The van der Waals surface area contributed by atoms with Gasteiger partial charge >= 0.3 is 0 Å². The van der Waals surface area contributed by atoms with Gasteiger partial charge in [-0.05, 0) is 73.4 Å². The Hall–Kier alpha value is -3.50. The molecule has 1 N–H and O–H groups in total. The van der Waals surface area contributed by atoms with Crippen molar-refractivity contribution < 1.29 is 17.5 Å². The van der Waals surface area contributed by atoms with E-state index >= 15 is 4.39 Å². The van der Waals surface area contributed by atoms with Gasteiger partial charge in [-0.15, -0.1) is 0 Å². The summed E-state index contributed by atoms with van der Waals surface area (Å²) in [6.07, 6.45) is 5.79. The van der Waals surface area contributed by atoms with E-state index in [1.807, 2.05) is 43.1 Å². The minimum atomic E-state index is -4.05. The molecule has 0 fully saturated rings. The quantitative estimate of drug-likeness (QED) is 0.242. The lowest BCUT2D eigenvalue weighted by molar-refractivity contribution is 0.242. The van der Waals surface area contributed by atoms with Crippen LogP contribution in [0.3, 0.4) is 0 Å². The zero-order valence-electron chi connectivity index (χ0n) is 26.1. The van der Waals surface area contributed by atoms with Crippen LogP contribution < -0.4 is 14.4 Å². The minimum Gasteiger partial charge on any atom is -0.493 e. The number of nitrogens with zero attached hydrogens (tertiary/aromatic N) is 3. The lowest BCUT2D eigenvalue weighted by atomic mass is 9.93. The summed E-state index contributed by atoms with van der Waals surface area (Å²) in [5.41, 5.74) is 4.40. The second-order valence-electron chi connectivity index (χ2n) is 12.7. The molecular weight excluding hydrogens is 596 g/mol. The van der Waals surface area contributed by atoms with Crippen molar-refractivity contribution in [3.8, 4) is 27.4 Å². The Morgan fingerprint density at radius 2 is 1.80 bits per heavy atom. The molecule has 0 atom stereocenters. The van der Waals surface area contributed by atoms with Crippen LogP contribution in [0.1, 0.15) is 64.0 Å². The number of aromatic nitrogens is 2. The Morgan fingerprint density at radius 1 is 1.02 bits per heavy atom. The zero-order valence-corrected chi connectivity index (χ0v) is 27.7. The van der Waals surface area contributed by atoms with Crippen molar-refractivity contribution in [3.05, 3.63) is 71.5 Å². The second kappa shape index (κ2) is 13.2. The SMILES string of the molecule is Cc1cccc2c1-c1nc(sc1-c1cc(F)cc(OCCC(C)(C)C)c1)NS(=O)(=O)c1cccc(n1)N(C)CCCCCC2. The Balaban J connectivity index is 1.63. The first-order chi connectivity index (χ1) is 20.9. The summed E-state index contributed by atoms with van der Waals surface area (Å²) in [6, 6.07) is 15.8. The predicted octanol–water partition coefficient (Wildman–Crippen LogP) is 8.49. The lowest BCUT2D eigenvalue weighted by Gasteiger charge is -2.19. The zero-order chi connectivity index (χ0) is 31.5. The van der Waals surface area contributed by atoms with Gasteiger partial charge in [-0.1, -0.05) is 69.2 Å². The Morgan fingerprint density at radius 3 is 2.59 bits per heavy atom. The first-order valence-corrected chi connectivity index (χ1v) is 17.4. The number of anilines is 2. The van der Waals surface area contributed by atoms with Crippen LogP contribution in [0.5, 0.6) is 5.75 Å². The number of ether oxygens (including phenoxy) is 1. The molecule has 0 amide bonds. The van der Waals surface area contributed by atoms with Crippen molar-refractivity contribution in [1.82, 2.24) is 9.97 Å². The van der Waals surface area contributed by atoms with E-state index < -0.39 is 15.8 Å². The van der Waals surface area contributed by atoms with Crippen LogP contribution in [0.2, 0.25) is 0 Å². The number of thiazole rings is 1. The molecule has 0 saturated heterocycles. The van der Waals surface area contributed by atoms with Gasteiger partial charge in [0.05, 0.1) is 17.2 Å². The Kier molecular flexibility index (Phi) is 9.60. The number of fused-ring (bicyclic) bond motifs is 6. The molecule has 0 radical (unpaired) electrons. The summed E-state index contributed by atoms with van der Waals surface area (Å²) in [4.78, 5) is 12.0. The summed E-state index contributed by atoms with van der Waals surface area (Å²) >= 11 is 1.18. The third-order valence-corrected chi connectivity index (χ3v) is 10.2. The molecule has 1 aliphatic rings. The van der Waals surface area contributed by atoms with Crippen LogP contribution in [0.15, 0.2) is 59.6 Å². The van der Waals surface area contributed by atoms with E-state index in [1.165, 1.54) is 29.5 Å². The number of rotatable bonds is 4. The topological polar surface area (TPSA) is 84.4 Å². The maximum atomic E-state index is 15.1. The third-order valence-electron chi connectivity index (χ3n) is 7.76. The number of aryl methyl sites for hydroxylation is 2. The molecular formula is C34H41FN4O3S2. The predicted molar refractivity (Wildman–Crippen MR) is 178 cm³/mol. The van der Waals surface area contributed by atoms with E-state index in [4.69, 9.17) is 9.72 Å². The van der Waals surface area contributed by atoms with E-state index in [2.05, 4.69) is 36.5 Å². The fraction of sp³-hybridized carbons (Fsp3) is 0.412. The van der Waals surface area contributed by atoms with Crippen molar-refractivity contribution in [2.75, 3.05) is 29.8 Å². The first-order valence-electron chi connectivity index (χ1n) is 15.1. The van der Waals surface area contributed by atoms with Crippen molar-refractivity contribution in [3.63, 3.8) is 0 Å². The molecule has 4 aromatic rings. The van der Waals surface area contributed by atoms with Gasteiger partial charge in [-0.3, -0.25) is 4.72 Å². The van der Waals surface area contributed by atoms with Crippen LogP contribution in [-0.4, -0.2) is 38.6 Å². The number of nitrogens with one attached hydrogen (secondary N) is 1. The summed E-state index contributed by atoms with van der Waals surface area (Å²) in [7, 11) is -2.12. The highest BCUT2D eigenvalue weighted by Gasteiger charge is 2.25. The van der Waals surface area contributed by atoms with Gasteiger partial charge in [0, 0.05) is 30.8 Å². The lowest BCUT2D eigenvalue weighted by Crippen LogP contribution is -2.21. The molecule has 4 bridgehead atoms. The van der Waals surface area contributed by atoms with Crippen LogP contribution in [0.4, 0.5) is 15.3 Å². The van der Waals surface area contributed by atoms with Crippen LogP contribution in [0.25, 0.3) is 21.7 Å². The molecule has 234 valence electrons. The normalized spacial score (nSPS) is 15.6. The second-order valence-corrected chi connectivity index (χ2v) is 15.3. The smallest absolute Gasteiger partial charge is 0.281 e. The van der Waals surface area contributed by atoms with E-state index in [0.29, 0.717) is 34.3 Å². The van der Waals surface area contributed by atoms with E-state index in [9.17, 15) is 8.42 Å². The molecule has 2 aromatic carbocycles. The average Bonchev–Trinajstić information content (AvgIpc) is 3.36. The molecule has 3 heterocycles. The average molecular weight is 637 g/mol. The largest absolute Gasteiger partial charge is 0.493 e. The van der Waals surface area contributed by atoms with Crippen molar-refractivity contribution >= 4 is 32.3 Å². The molecule has 0 spiro atoms. The maximum Gasteiger partial charge on any atom is 0.281 e. The Labute approximate surface area is 264 Å². The minimum absolute atomic E-state index is 0.0801. The molecule has 2 aromatic heterocycles.